The lowest BCUT2D eigenvalue weighted by Gasteiger charge is -2.12. The smallest absolute Gasteiger partial charge is 0.221 e. The van der Waals surface area contributed by atoms with E-state index in [1.54, 1.807) is 7.05 Å². The van der Waals surface area contributed by atoms with Gasteiger partial charge in [-0.3, -0.25) is 4.79 Å². The van der Waals surface area contributed by atoms with Crippen molar-refractivity contribution in [3.63, 3.8) is 0 Å². The SMILES string of the molecule is CNCCC(=O)NCC(O)c1ccc(C)cc1.Cl. The van der Waals surface area contributed by atoms with Crippen LogP contribution >= 0.6 is 12.4 Å². The third-order valence-corrected chi connectivity index (χ3v) is 2.56. The number of hydrogen-bond acceptors (Lipinski definition) is 3. The molecule has 0 saturated carbocycles. The summed E-state index contributed by atoms with van der Waals surface area (Å²) in [5, 5.41) is 15.5. The second-order valence-electron chi connectivity index (χ2n) is 4.08. The number of aliphatic hydroxyl groups excluding tert-OH is 1. The first-order valence-electron chi connectivity index (χ1n) is 5.79. The Labute approximate surface area is 114 Å². The minimum atomic E-state index is -0.644. The molecule has 0 aliphatic heterocycles. The van der Waals surface area contributed by atoms with Crippen LogP contribution < -0.4 is 10.6 Å². The van der Waals surface area contributed by atoms with Gasteiger partial charge in [-0.05, 0) is 19.5 Å². The van der Waals surface area contributed by atoms with Gasteiger partial charge in [0.15, 0.2) is 0 Å². The zero-order chi connectivity index (χ0) is 12.7. The minimum Gasteiger partial charge on any atom is -0.387 e. The van der Waals surface area contributed by atoms with Gasteiger partial charge in [-0.2, -0.15) is 0 Å². The number of rotatable bonds is 6. The molecule has 1 amide bonds. The van der Waals surface area contributed by atoms with Crippen LogP contribution in [0.25, 0.3) is 0 Å². The molecule has 0 aliphatic carbocycles. The van der Waals surface area contributed by atoms with Gasteiger partial charge in [0.1, 0.15) is 0 Å². The molecular weight excluding hydrogens is 252 g/mol. The van der Waals surface area contributed by atoms with Crippen LogP contribution in [0.2, 0.25) is 0 Å². The molecule has 0 bridgehead atoms. The fourth-order valence-corrected chi connectivity index (χ4v) is 1.44. The third-order valence-electron chi connectivity index (χ3n) is 2.56. The summed E-state index contributed by atoms with van der Waals surface area (Å²) in [5.41, 5.74) is 1.98. The van der Waals surface area contributed by atoms with E-state index < -0.39 is 6.10 Å². The third kappa shape index (κ3) is 6.00. The number of aryl methyl sites for hydroxylation is 1. The predicted molar refractivity (Wildman–Crippen MR) is 74.9 cm³/mol. The predicted octanol–water partition coefficient (Wildman–Crippen LogP) is 1.18. The molecule has 1 rings (SSSR count). The molecule has 0 heterocycles. The lowest BCUT2D eigenvalue weighted by Crippen LogP contribution is -2.30. The summed E-state index contributed by atoms with van der Waals surface area (Å²) in [4.78, 5) is 11.3. The molecule has 0 fully saturated rings. The van der Waals surface area contributed by atoms with Crippen molar-refractivity contribution in [2.45, 2.75) is 19.4 Å². The molecule has 0 saturated heterocycles. The van der Waals surface area contributed by atoms with Crippen LogP contribution in [-0.4, -0.2) is 31.2 Å². The topological polar surface area (TPSA) is 61.4 Å². The van der Waals surface area contributed by atoms with Gasteiger partial charge in [0, 0.05) is 19.5 Å². The fourth-order valence-electron chi connectivity index (χ4n) is 1.44. The molecule has 1 aromatic carbocycles. The van der Waals surface area contributed by atoms with Gasteiger partial charge in [-0.15, -0.1) is 12.4 Å². The second kappa shape index (κ2) is 8.91. The average molecular weight is 273 g/mol. The summed E-state index contributed by atoms with van der Waals surface area (Å²) >= 11 is 0. The summed E-state index contributed by atoms with van der Waals surface area (Å²) in [5.74, 6) is -0.0505. The van der Waals surface area contributed by atoms with Gasteiger partial charge in [0.2, 0.25) is 5.91 Å². The van der Waals surface area contributed by atoms with Gasteiger partial charge in [-0.1, -0.05) is 29.8 Å². The van der Waals surface area contributed by atoms with Crippen molar-refractivity contribution in [2.75, 3.05) is 20.1 Å². The van der Waals surface area contributed by atoms with Crippen molar-refractivity contribution < 1.29 is 9.90 Å². The van der Waals surface area contributed by atoms with E-state index in [1.165, 1.54) is 0 Å². The molecule has 1 aromatic rings. The maximum Gasteiger partial charge on any atom is 0.221 e. The van der Waals surface area contributed by atoms with Crippen molar-refractivity contribution in [2.24, 2.45) is 0 Å². The molecule has 5 heteroatoms. The first kappa shape index (κ1) is 16.9. The Hall–Kier alpha value is -1.10. The standard InChI is InChI=1S/C13H20N2O2.ClH/c1-10-3-5-11(6-4-10)12(16)9-15-13(17)7-8-14-2;/h3-6,12,14,16H,7-9H2,1-2H3,(H,15,17);1H. The molecule has 102 valence electrons. The van der Waals surface area contributed by atoms with Gasteiger partial charge >= 0.3 is 0 Å². The number of amides is 1. The quantitative estimate of drug-likeness (QED) is 0.729. The molecule has 0 radical (unpaired) electrons. The van der Waals surface area contributed by atoms with E-state index in [9.17, 15) is 9.90 Å². The summed E-state index contributed by atoms with van der Waals surface area (Å²) in [6.45, 7) is 2.90. The highest BCUT2D eigenvalue weighted by Gasteiger charge is 2.08. The van der Waals surface area contributed by atoms with Gasteiger partial charge in [0.25, 0.3) is 0 Å². The summed E-state index contributed by atoms with van der Waals surface area (Å²) < 4.78 is 0. The molecule has 0 aromatic heterocycles. The zero-order valence-electron chi connectivity index (χ0n) is 10.8. The van der Waals surface area contributed by atoms with Crippen molar-refractivity contribution in [3.8, 4) is 0 Å². The van der Waals surface area contributed by atoms with Crippen molar-refractivity contribution in [1.82, 2.24) is 10.6 Å². The number of aliphatic hydroxyl groups is 1. The fraction of sp³-hybridized carbons (Fsp3) is 0.462. The lowest BCUT2D eigenvalue weighted by molar-refractivity contribution is -0.121. The summed E-state index contributed by atoms with van der Waals surface area (Å²) in [6, 6.07) is 7.64. The minimum absolute atomic E-state index is 0. The summed E-state index contributed by atoms with van der Waals surface area (Å²) in [7, 11) is 1.80. The highest BCUT2D eigenvalue weighted by atomic mass is 35.5. The maximum absolute atomic E-state index is 11.3. The van der Waals surface area contributed by atoms with Crippen LogP contribution in [0.3, 0.4) is 0 Å². The Morgan fingerprint density at radius 3 is 2.50 bits per heavy atom. The molecule has 1 unspecified atom stereocenters. The zero-order valence-corrected chi connectivity index (χ0v) is 11.6. The van der Waals surface area contributed by atoms with E-state index in [0.29, 0.717) is 13.0 Å². The molecular formula is C13H21ClN2O2. The Bertz CT molecular complexity index is 355. The monoisotopic (exact) mass is 272 g/mol. The van der Waals surface area contributed by atoms with E-state index in [1.807, 2.05) is 31.2 Å². The van der Waals surface area contributed by atoms with E-state index >= 15 is 0 Å². The van der Waals surface area contributed by atoms with Crippen LogP contribution in [0.1, 0.15) is 23.7 Å². The van der Waals surface area contributed by atoms with Crippen LogP contribution in [0.5, 0.6) is 0 Å². The molecule has 18 heavy (non-hydrogen) atoms. The largest absolute Gasteiger partial charge is 0.387 e. The Balaban J connectivity index is 0.00000289. The second-order valence-corrected chi connectivity index (χ2v) is 4.08. The van der Waals surface area contributed by atoms with E-state index in [0.717, 1.165) is 11.1 Å². The molecule has 0 aliphatic rings. The molecule has 4 nitrogen and oxygen atoms in total. The normalized spacial score (nSPS) is 11.5. The van der Waals surface area contributed by atoms with E-state index in [-0.39, 0.29) is 24.9 Å². The summed E-state index contributed by atoms with van der Waals surface area (Å²) in [6.07, 6.45) is -0.217. The number of carbonyl (C=O) groups excluding carboxylic acids is 1. The molecule has 1 atom stereocenters. The first-order valence-corrected chi connectivity index (χ1v) is 5.79. The molecule has 0 spiro atoms. The Morgan fingerprint density at radius 1 is 1.33 bits per heavy atom. The van der Waals surface area contributed by atoms with Crippen LogP contribution in [-0.2, 0) is 4.79 Å². The number of carbonyl (C=O) groups is 1. The lowest BCUT2D eigenvalue weighted by atomic mass is 10.1. The molecule has 3 N–H and O–H groups in total. The van der Waals surface area contributed by atoms with Crippen molar-refractivity contribution in [3.05, 3.63) is 35.4 Å². The number of halogens is 1. The number of hydrogen-bond donors (Lipinski definition) is 3. The highest BCUT2D eigenvalue weighted by Crippen LogP contribution is 2.12. The van der Waals surface area contributed by atoms with Crippen molar-refractivity contribution in [1.29, 1.82) is 0 Å². The average Bonchev–Trinajstić information content (AvgIpc) is 2.34. The Kier molecular flexibility index (Phi) is 8.37. The van der Waals surface area contributed by atoms with Gasteiger partial charge in [-0.25, -0.2) is 0 Å². The van der Waals surface area contributed by atoms with Gasteiger partial charge in [0.05, 0.1) is 6.10 Å². The van der Waals surface area contributed by atoms with Crippen LogP contribution in [0.4, 0.5) is 0 Å². The van der Waals surface area contributed by atoms with Crippen LogP contribution in [0, 0.1) is 6.92 Å². The van der Waals surface area contributed by atoms with E-state index in [4.69, 9.17) is 0 Å². The van der Waals surface area contributed by atoms with E-state index in [2.05, 4.69) is 10.6 Å². The number of benzene rings is 1. The first-order chi connectivity index (χ1) is 8.13. The van der Waals surface area contributed by atoms with Crippen LogP contribution in [0.15, 0.2) is 24.3 Å². The number of nitrogens with one attached hydrogen (secondary N) is 2. The van der Waals surface area contributed by atoms with Gasteiger partial charge < -0.3 is 15.7 Å². The Morgan fingerprint density at radius 2 is 1.94 bits per heavy atom. The van der Waals surface area contributed by atoms with Crippen molar-refractivity contribution >= 4 is 18.3 Å². The highest BCUT2D eigenvalue weighted by molar-refractivity contribution is 5.85. The maximum atomic E-state index is 11.3.